The molecule has 0 radical (unpaired) electrons. The van der Waals surface area contributed by atoms with Crippen LogP contribution in [0.15, 0.2) is 24.4 Å². The molecule has 0 saturated carbocycles. The second-order valence-electron chi connectivity index (χ2n) is 6.74. The second kappa shape index (κ2) is 7.72. The number of hydrogen-bond donors (Lipinski definition) is 3. The molecule has 2 heterocycles. The number of aromatic nitrogens is 1. The molecule has 3 rings (SSSR count). The van der Waals surface area contributed by atoms with Crippen LogP contribution < -0.4 is 16.0 Å². The van der Waals surface area contributed by atoms with Gasteiger partial charge in [-0.25, -0.2) is 4.98 Å². The van der Waals surface area contributed by atoms with Crippen LogP contribution in [-0.4, -0.2) is 25.1 Å². The Labute approximate surface area is 155 Å². The normalized spacial score (nSPS) is 17.6. The van der Waals surface area contributed by atoms with E-state index in [4.69, 9.17) is 0 Å². The van der Waals surface area contributed by atoms with E-state index in [1.165, 1.54) is 19.3 Å². The third-order valence-corrected chi connectivity index (χ3v) is 4.76. The molecular weight excluding hydrogens is 360 g/mol. The van der Waals surface area contributed by atoms with E-state index in [0.717, 1.165) is 25.5 Å². The number of halogens is 4. The quantitative estimate of drug-likeness (QED) is 0.525. The Kier molecular flexibility index (Phi) is 5.55. The molecule has 4 nitrogen and oxygen atoms in total. The highest BCUT2D eigenvalue weighted by Crippen LogP contribution is 2.42. The molecule has 1 aliphatic heterocycles. The number of piperidine rings is 1. The number of nitrogens with zero attached hydrogens (tertiary/aromatic N) is 1. The van der Waals surface area contributed by atoms with E-state index in [9.17, 15) is 17.6 Å². The number of hydrogen-bond acceptors (Lipinski definition) is 4. The zero-order chi connectivity index (χ0) is 19.6. The number of benzene rings is 1. The number of alkyl halides is 3. The minimum atomic E-state index is -4.50. The van der Waals surface area contributed by atoms with Gasteiger partial charge in [-0.15, -0.1) is 0 Å². The van der Waals surface area contributed by atoms with Gasteiger partial charge < -0.3 is 16.0 Å². The van der Waals surface area contributed by atoms with Crippen molar-refractivity contribution in [3.05, 3.63) is 47.0 Å². The molecule has 1 aliphatic rings. The van der Waals surface area contributed by atoms with Gasteiger partial charge in [0.1, 0.15) is 0 Å². The van der Waals surface area contributed by atoms with Gasteiger partial charge in [-0.2, -0.15) is 17.6 Å². The Hall–Kier alpha value is -2.35. The Bertz CT molecular complexity index is 814. The van der Waals surface area contributed by atoms with Gasteiger partial charge in [0.2, 0.25) is 5.95 Å². The van der Waals surface area contributed by atoms with Crippen molar-refractivity contribution in [1.29, 1.82) is 0 Å². The number of anilines is 3. The average Bonchev–Trinajstić information content (AvgIpc) is 2.64. The lowest BCUT2D eigenvalue weighted by molar-refractivity contribution is -0.136. The summed E-state index contributed by atoms with van der Waals surface area (Å²) in [6, 6.07) is 4.32. The third kappa shape index (κ3) is 4.32. The maximum atomic E-state index is 13.7. The summed E-state index contributed by atoms with van der Waals surface area (Å²) < 4.78 is 54.4. The maximum Gasteiger partial charge on any atom is 0.418 e. The lowest BCUT2D eigenvalue weighted by atomic mass is 9.88. The van der Waals surface area contributed by atoms with Gasteiger partial charge in [-0.1, -0.05) is 0 Å². The van der Waals surface area contributed by atoms with Gasteiger partial charge in [0, 0.05) is 30.5 Å². The van der Waals surface area contributed by atoms with Crippen molar-refractivity contribution >= 4 is 17.1 Å². The van der Waals surface area contributed by atoms with E-state index < -0.39 is 17.7 Å². The van der Waals surface area contributed by atoms with E-state index in [-0.39, 0.29) is 11.6 Å². The largest absolute Gasteiger partial charge is 0.418 e. The lowest BCUT2D eigenvalue weighted by Gasteiger charge is -2.28. The van der Waals surface area contributed by atoms with E-state index in [1.807, 2.05) is 0 Å². The highest BCUT2D eigenvalue weighted by atomic mass is 19.4. The number of aryl methyl sites for hydroxylation is 1. The first kappa shape index (κ1) is 19.4. The van der Waals surface area contributed by atoms with E-state index in [0.29, 0.717) is 29.0 Å². The van der Waals surface area contributed by atoms with Gasteiger partial charge in [0.25, 0.3) is 0 Å². The molecule has 1 saturated heterocycles. The molecule has 1 unspecified atom stereocenters. The van der Waals surface area contributed by atoms with Crippen molar-refractivity contribution in [3.63, 3.8) is 0 Å². The van der Waals surface area contributed by atoms with Crippen LogP contribution in [0.2, 0.25) is 0 Å². The summed E-state index contributed by atoms with van der Waals surface area (Å²) in [6.45, 7) is 3.06. The highest BCUT2D eigenvalue weighted by Gasteiger charge is 2.36. The number of nitrogens with one attached hydrogen (secondary N) is 3. The Balaban J connectivity index is 2.06. The van der Waals surface area contributed by atoms with Crippen molar-refractivity contribution in [3.8, 4) is 0 Å². The number of pyridine rings is 1. The first-order valence-corrected chi connectivity index (χ1v) is 8.82. The van der Waals surface area contributed by atoms with Gasteiger partial charge in [0.15, 0.2) is 0 Å². The minimum absolute atomic E-state index is 0.0165. The van der Waals surface area contributed by atoms with Crippen molar-refractivity contribution < 1.29 is 17.6 Å². The van der Waals surface area contributed by atoms with Crippen LogP contribution in [0.1, 0.15) is 35.4 Å². The van der Waals surface area contributed by atoms with Crippen LogP contribution in [-0.2, 0) is 6.18 Å². The first-order chi connectivity index (χ1) is 12.8. The fraction of sp³-hybridized carbons (Fsp3) is 0.421. The molecule has 146 valence electrons. The predicted molar refractivity (Wildman–Crippen MR) is 98.1 cm³/mol. The summed E-state index contributed by atoms with van der Waals surface area (Å²) >= 11 is 0. The third-order valence-electron chi connectivity index (χ3n) is 4.76. The van der Waals surface area contributed by atoms with Crippen LogP contribution >= 0.6 is 0 Å². The summed E-state index contributed by atoms with van der Waals surface area (Å²) in [6.07, 6.45) is -1.50. The topological polar surface area (TPSA) is 49.0 Å². The first-order valence-electron chi connectivity index (χ1n) is 8.82. The zero-order valence-electron chi connectivity index (χ0n) is 15.2. The lowest BCUT2D eigenvalue weighted by Crippen LogP contribution is -2.29. The molecule has 1 atom stereocenters. The molecule has 1 fully saturated rings. The van der Waals surface area contributed by atoms with E-state index >= 15 is 0 Å². The zero-order valence-corrected chi connectivity index (χ0v) is 15.2. The van der Waals surface area contributed by atoms with Gasteiger partial charge in [-0.3, -0.25) is 0 Å². The van der Waals surface area contributed by atoms with E-state index in [1.54, 1.807) is 13.0 Å². The molecule has 0 bridgehead atoms. The smallest absolute Gasteiger partial charge is 0.387 e. The van der Waals surface area contributed by atoms with Crippen molar-refractivity contribution in [2.75, 3.05) is 30.8 Å². The molecule has 2 aromatic rings. The fourth-order valence-electron chi connectivity index (χ4n) is 3.47. The molecule has 27 heavy (non-hydrogen) atoms. The molecule has 0 aliphatic carbocycles. The summed E-state index contributed by atoms with van der Waals surface area (Å²) in [5.74, 6) is -0.617. The van der Waals surface area contributed by atoms with Crippen LogP contribution in [0.4, 0.5) is 34.6 Å². The average molecular weight is 382 g/mol. The molecular formula is C19H22F4N4. The van der Waals surface area contributed by atoms with Crippen LogP contribution in [0.3, 0.4) is 0 Å². The van der Waals surface area contributed by atoms with Crippen LogP contribution in [0, 0.1) is 12.9 Å². The molecule has 0 amide bonds. The van der Waals surface area contributed by atoms with Crippen molar-refractivity contribution in [2.24, 2.45) is 0 Å². The maximum absolute atomic E-state index is 13.7. The summed E-state index contributed by atoms with van der Waals surface area (Å²) in [7, 11) is 1.50. The van der Waals surface area contributed by atoms with Crippen LogP contribution in [0.5, 0.6) is 0 Å². The molecule has 0 spiro atoms. The monoisotopic (exact) mass is 382 g/mol. The molecule has 3 N–H and O–H groups in total. The summed E-state index contributed by atoms with van der Waals surface area (Å²) in [5.41, 5.74) is 1.06. The van der Waals surface area contributed by atoms with Crippen LogP contribution in [0.25, 0.3) is 0 Å². The molecule has 1 aromatic carbocycles. The number of rotatable bonds is 4. The summed E-state index contributed by atoms with van der Waals surface area (Å²) in [5, 5.41) is 8.92. The standard InChI is InChI=1S/C19H22F4N4/c1-11-6-14(10-26-18(11)20)27-13-7-15(12-4-3-5-25-9-12)17(24-2)16(8-13)19(21,22)23/h6-8,10,12,24-25,27H,3-5,9H2,1-2H3. The second-order valence-corrected chi connectivity index (χ2v) is 6.74. The predicted octanol–water partition coefficient (Wildman–Crippen LogP) is 4.80. The Morgan fingerprint density at radius 1 is 1.19 bits per heavy atom. The van der Waals surface area contributed by atoms with Gasteiger partial charge in [-0.05, 0) is 56.0 Å². The van der Waals surface area contributed by atoms with E-state index in [2.05, 4.69) is 20.9 Å². The molecule has 8 heteroatoms. The fourth-order valence-corrected chi connectivity index (χ4v) is 3.47. The highest BCUT2D eigenvalue weighted by molar-refractivity contribution is 5.70. The Morgan fingerprint density at radius 3 is 2.56 bits per heavy atom. The Morgan fingerprint density at radius 2 is 1.96 bits per heavy atom. The van der Waals surface area contributed by atoms with Gasteiger partial charge >= 0.3 is 6.18 Å². The SMILES string of the molecule is CNc1c(C2CCCNC2)cc(Nc2cnc(F)c(C)c2)cc1C(F)(F)F. The van der Waals surface area contributed by atoms with Crippen molar-refractivity contribution in [2.45, 2.75) is 31.9 Å². The van der Waals surface area contributed by atoms with Gasteiger partial charge in [0.05, 0.1) is 17.4 Å². The van der Waals surface area contributed by atoms with Crippen molar-refractivity contribution in [1.82, 2.24) is 10.3 Å². The molecule has 1 aromatic heterocycles. The minimum Gasteiger partial charge on any atom is -0.387 e. The summed E-state index contributed by atoms with van der Waals surface area (Å²) in [4.78, 5) is 3.62.